The van der Waals surface area contributed by atoms with Crippen LogP contribution in [0.5, 0.6) is 0 Å². The van der Waals surface area contributed by atoms with Crippen LogP contribution in [-0.2, 0) is 13.6 Å². The maximum absolute atomic E-state index is 12.6. The minimum Gasteiger partial charge on any atom is -0.305 e. The molecule has 0 unspecified atom stereocenters. The van der Waals surface area contributed by atoms with E-state index in [-0.39, 0.29) is 0 Å². The lowest BCUT2D eigenvalue weighted by Crippen LogP contribution is -2.02. The third-order valence-electron chi connectivity index (χ3n) is 2.63. The summed E-state index contributed by atoms with van der Waals surface area (Å²) in [6.07, 6.45) is 6.30. The van der Waals surface area contributed by atoms with Gasteiger partial charge in [-0.15, -0.1) is 5.73 Å². The molecule has 4 heteroatoms. The van der Waals surface area contributed by atoms with Gasteiger partial charge in [-0.05, 0) is 45.1 Å². The SMILES string of the molecule is C=C=C(C1=CCCCC1)P(=O)(OCC)OCC. The zero-order valence-corrected chi connectivity index (χ0v) is 11.6. The third-order valence-corrected chi connectivity index (χ3v) is 4.82. The van der Waals surface area contributed by atoms with Gasteiger partial charge < -0.3 is 9.05 Å². The molecule has 3 nitrogen and oxygen atoms in total. The van der Waals surface area contributed by atoms with E-state index in [2.05, 4.69) is 18.4 Å². The molecule has 17 heavy (non-hydrogen) atoms. The molecule has 0 amide bonds. The number of allylic oxidation sites excluding steroid dienone is 3. The molecule has 1 rings (SSSR count). The predicted octanol–water partition coefficient (Wildman–Crippen LogP) is 4.42. The molecule has 0 spiro atoms. The molecule has 96 valence electrons. The van der Waals surface area contributed by atoms with Crippen LogP contribution in [0, 0.1) is 0 Å². The maximum Gasteiger partial charge on any atom is 0.369 e. The summed E-state index contributed by atoms with van der Waals surface area (Å²) in [4.78, 5) is 0. The Bertz CT molecular complexity index is 368. The van der Waals surface area contributed by atoms with E-state index in [9.17, 15) is 4.57 Å². The second-order valence-electron chi connectivity index (χ2n) is 3.83. The zero-order valence-electron chi connectivity index (χ0n) is 10.7. The van der Waals surface area contributed by atoms with Crippen molar-refractivity contribution in [3.8, 4) is 0 Å². The Morgan fingerprint density at radius 2 is 2.06 bits per heavy atom. The van der Waals surface area contributed by atoms with Crippen molar-refractivity contribution in [3.63, 3.8) is 0 Å². The molecule has 0 atom stereocenters. The molecular formula is C13H21O3P. The molecule has 0 aliphatic heterocycles. The maximum atomic E-state index is 12.6. The number of hydrogen-bond donors (Lipinski definition) is 0. The van der Waals surface area contributed by atoms with E-state index in [0.717, 1.165) is 24.8 Å². The van der Waals surface area contributed by atoms with Crippen LogP contribution < -0.4 is 0 Å². The first-order valence-electron chi connectivity index (χ1n) is 6.17. The molecule has 0 aromatic heterocycles. The van der Waals surface area contributed by atoms with E-state index < -0.39 is 7.60 Å². The van der Waals surface area contributed by atoms with Crippen LogP contribution in [0.2, 0.25) is 0 Å². The van der Waals surface area contributed by atoms with Gasteiger partial charge in [0.2, 0.25) is 0 Å². The van der Waals surface area contributed by atoms with Gasteiger partial charge in [0.05, 0.1) is 13.2 Å². The highest BCUT2D eigenvalue weighted by atomic mass is 31.2. The van der Waals surface area contributed by atoms with E-state index in [1.807, 2.05) is 13.8 Å². The summed E-state index contributed by atoms with van der Waals surface area (Å²) in [6.45, 7) is 7.96. The largest absolute Gasteiger partial charge is 0.369 e. The summed E-state index contributed by atoms with van der Waals surface area (Å²) >= 11 is 0. The van der Waals surface area contributed by atoms with E-state index in [4.69, 9.17) is 9.05 Å². The fourth-order valence-electron chi connectivity index (χ4n) is 1.95. The van der Waals surface area contributed by atoms with Crippen molar-refractivity contribution in [3.05, 3.63) is 29.3 Å². The quantitative estimate of drug-likeness (QED) is 0.521. The van der Waals surface area contributed by atoms with Crippen molar-refractivity contribution in [1.29, 1.82) is 0 Å². The Morgan fingerprint density at radius 3 is 2.47 bits per heavy atom. The van der Waals surface area contributed by atoms with E-state index in [1.54, 1.807) is 0 Å². The first-order valence-corrected chi connectivity index (χ1v) is 7.71. The highest BCUT2D eigenvalue weighted by molar-refractivity contribution is 7.58. The molecule has 0 fully saturated rings. The van der Waals surface area contributed by atoms with Crippen molar-refractivity contribution in [1.82, 2.24) is 0 Å². The lowest BCUT2D eigenvalue weighted by atomic mass is 9.99. The Balaban J connectivity index is 3.01. The van der Waals surface area contributed by atoms with Crippen molar-refractivity contribution in [2.24, 2.45) is 0 Å². The zero-order chi connectivity index (χ0) is 12.7. The van der Waals surface area contributed by atoms with Gasteiger partial charge in [-0.3, -0.25) is 4.57 Å². The molecule has 0 N–H and O–H groups in total. The summed E-state index contributed by atoms with van der Waals surface area (Å²) in [7, 11) is -3.22. The van der Waals surface area contributed by atoms with Gasteiger partial charge in [-0.25, -0.2) is 0 Å². The van der Waals surface area contributed by atoms with Crippen molar-refractivity contribution < 1.29 is 13.6 Å². The van der Waals surface area contributed by atoms with Crippen LogP contribution in [0.4, 0.5) is 0 Å². The standard InChI is InChI=1S/C13H21O3P/c1-4-13(12-10-8-7-9-11-12)17(14,15-5-2)16-6-3/h10H,1,5-9,11H2,2-3H3. The summed E-state index contributed by atoms with van der Waals surface area (Å²) in [5.74, 6) is 0. The van der Waals surface area contributed by atoms with Gasteiger partial charge >= 0.3 is 7.60 Å². The lowest BCUT2D eigenvalue weighted by molar-refractivity contribution is 0.226. The van der Waals surface area contributed by atoms with E-state index in [1.165, 1.54) is 6.42 Å². The lowest BCUT2D eigenvalue weighted by Gasteiger charge is -2.22. The number of hydrogen-bond acceptors (Lipinski definition) is 3. The average molecular weight is 256 g/mol. The fourth-order valence-corrected chi connectivity index (χ4v) is 3.71. The Morgan fingerprint density at radius 1 is 1.41 bits per heavy atom. The van der Waals surface area contributed by atoms with Gasteiger partial charge in [0.15, 0.2) is 0 Å². The van der Waals surface area contributed by atoms with Crippen molar-refractivity contribution >= 4 is 7.60 Å². The normalized spacial score (nSPS) is 16.2. The summed E-state index contributed by atoms with van der Waals surface area (Å²) < 4.78 is 23.3. The molecule has 0 heterocycles. The highest BCUT2D eigenvalue weighted by Crippen LogP contribution is 2.59. The Labute approximate surface area is 104 Å². The van der Waals surface area contributed by atoms with Crippen LogP contribution in [0.3, 0.4) is 0 Å². The van der Waals surface area contributed by atoms with Crippen molar-refractivity contribution in [2.75, 3.05) is 13.2 Å². The molecule has 0 bridgehead atoms. The van der Waals surface area contributed by atoms with Gasteiger partial charge in [0.1, 0.15) is 5.31 Å². The van der Waals surface area contributed by atoms with E-state index >= 15 is 0 Å². The molecule has 1 aliphatic carbocycles. The molecule has 0 saturated carbocycles. The monoisotopic (exact) mass is 256 g/mol. The van der Waals surface area contributed by atoms with Gasteiger partial charge in [0, 0.05) is 0 Å². The molecule has 0 aromatic carbocycles. The third kappa shape index (κ3) is 3.69. The molecule has 0 radical (unpaired) electrons. The van der Waals surface area contributed by atoms with Crippen LogP contribution in [0.25, 0.3) is 0 Å². The minimum absolute atomic E-state index is 0.357. The fraction of sp³-hybridized carbons (Fsp3) is 0.615. The Kier molecular flexibility index (Phi) is 5.94. The molecule has 0 aromatic rings. The van der Waals surface area contributed by atoms with Gasteiger partial charge in [0.25, 0.3) is 0 Å². The van der Waals surface area contributed by atoms with Crippen LogP contribution in [-0.4, -0.2) is 13.2 Å². The van der Waals surface area contributed by atoms with Gasteiger partial charge in [-0.2, -0.15) is 0 Å². The molecule has 1 aliphatic rings. The summed E-state index contributed by atoms with van der Waals surface area (Å²) in [6, 6.07) is 0. The predicted molar refractivity (Wildman–Crippen MR) is 70.1 cm³/mol. The van der Waals surface area contributed by atoms with E-state index in [0.29, 0.717) is 18.5 Å². The van der Waals surface area contributed by atoms with Gasteiger partial charge in [-0.1, -0.05) is 12.7 Å². The molecule has 0 saturated heterocycles. The summed E-state index contributed by atoms with van der Waals surface area (Å²) in [5.41, 5.74) is 3.79. The minimum atomic E-state index is -3.22. The number of rotatable bonds is 6. The van der Waals surface area contributed by atoms with Crippen LogP contribution in [0.1, 0.15) is 39.5 Å². The highest BCUT2D eigenvalue weighted by Gasteiger charge is 2.32. The van der Waals surface area contributed by atoms with Crippen LogP contribution in [0.15, 0.2) is 29.3 Å². The average Bonchev–Trinajstić information content (AvgIpc) is 2.31. The smallest absolute Gasteiger partial charge is 0.305 e. The first kappa shape index (κ1) is 14.5. The second-order valence-corrected chi connectivity index (χ2v) is 5.79. The summed E-state index contributed by atoms with van der Waals surface area (Å²) in [5, 5.41) is 0.529. The molecular weight excluding hydrogens is 235 g/mol. The van der Waals surface area contributed by atoms with Crippen LogP contribution >= 0.6 is 7.60 Å². The first-order chi connectivity index (χ1) is 8.18. The second kappa shape index (κ2) is 6.98. The Hall–Kier alpha value is -0.590. The topological polar surface area (TPSA) is 35.5 Å². The van der Waals surface area contributed by atoms with Crippen molar-refractivity contribution in [2.45, 2.75) is 39.5 Å².